The number of thiazole rings is 1. The fraction of sp³-hybridized carbons (Fsp3) is 0.278. The first-order valence-electron chi connectivity index (χ1n) is 7.87. The largest absolute Gasteiger partial charge is 0.302 e. The van der Waals surface area contributed by atoms with Gasteiger partial charge < -0.3 is 5.32 Å². The molecule has 5 nitrogen and oxygen atoms in total. The highest BCUT2D eigenvalue weighted by Crippen LogP contribution is 2.32. The molecule has 2 aromatic heterocycles. The minimum Gasteiger partial charge on any atom is -0.302 e. The lowest BCUT2D eigenvalue weighted by molar-refractivity contribution is -0.116. The van der Waals surface area contributed by atoms with Crippen molar-refractivity contribution in [1.82, 2.24) is 14.8 Å². The molecule has 0 saturated carbocycles. The Hall–Kier alpha value is -2.47. The summed E-state index contributed by atoms with van der Waals surface area (Å²) in [6.45, 7) is 4.04. The van der Waals surface area contributed by atoms with Crippen LogP contribution in [-0.2, 0) is 11.8 Å². The van der Waals surface area contributed by atoms with Crippen LogP contribution in [0.1, 0.15) is 20.3 Å². The maximum Gasteiger partial charge on any atom is 0.226 e. The Morgan fingerprint density at radius 3 is 2.75 bits per heavy atom. The van der Waals surface area contributed by atoms with Crippen LogP contribution in [0.15, 0.2) is 41.9 Å². The summed E-state index contributed by atoms with van der Waals surface area (Å²) in [6, 6.07) is 10.0. The molecule has 24 heavy (non-hydrogen) atoms. The van der Waals surface area contributed by atoms with Crippen molar-refractivity contribution in [2.24, 2.45) is 13.0 Å². The number of aromatic nitrogens is 3. The van der Waals surface area contributed by atoms with Gasteiger partial charge in [-0.15, -0.1) is 11.3 Å². The van der Waals surface area contributed by atoms with E-state index in [-0.39, 0.29) is 5.91 Å². The summed E-state index contributed by atoms with van der Waals surface area (Å²) in [5.74, 6) is 0.327. The van der Waals surface area contributed by atoms with Gasteiger partial charge in [0.25, 0.3) is 0 Å². The maximum absolute atomic E-state index is 11.9. The highest BCUT2D eigenvalue weighted by atomic mass is 32.1. The third-order valence-corrected chi connectivity index (χ3v) is 4.25. The Balaban J connectivity index is 1.87. The number of anilines is 1. The molecule has 0 radical (unpaired) electrons. The van der Waals surface area contributed by atoms with Crippen LogP contribution in [0.2, 0.25) is 0 Å². The zero-order valence-corrected chi connectivity index (χ0v) is 14.8. The van der Waals surface area contributed by atoms with Gasteiger partial charge in [-0.05, 0) is 5.92 Å². The molecule has 0 atom stereocenters. The van der Waals surface area contributed by atoms with Gasteiger partial charge in [-0.2, -0.15) is 5.10 Å². The third-order valence-electron chi connectivity index (χ3n) is 3.50. The monoisotopic (exact) mass is 340 g/mol. The molecule has 0 aliphatic heterocycles. The van der Waals surface area contributed by atoms with E-state index in [1.165, 1.54) is 11.3 Å². The topological polar surface area (TPSA) is 59.8 Å². The van der Waals surface area contributed by atoms with Crippen LogP contribution in [0.5, 0.6) is 0 Å². The Morgan fingerprint density at radius 2 is 2.04 bits per heavy atom. The van der Waals surface area contributed by atoms with E-state index in [4.69, 9.17) is 0 Å². The van der Waals surface area contributed by atoms with Crippen molar-refractivity contribution in [3.63, 3.8) is 0 Å². The molecule has 0 bridgehead atoms. The smallest absolute Gasteiger partial charge is 0.226 e. The van der Waals surface area contributed by atoms with Gasteiger partial charge in [0.1, 0.15) is 5.69 Å². The molecule has 0 spiro atoms. The predicted octanol–water partition coefficient (Wildman–Crippen LogP) is 4.20. The van der Waals surface area contributed by atoms with E-state index in [1.54, 1.807) is 4.68 Å². The maximum atomic E-state index is 11.9. The minimum atomic E-state index is 0.000342. The first kappa shape index (κ1) is 16.4. The standard InChI is InChI=1S/C18H20N4OS/c1-12(2)9-16(23)20-18-19-15(11-24-18)14-10-22(3)21-17(14)13-7-5-4-6-8-13/h4-8,10-12H,9H2,1-3H3,(H,19,20,23). The molecular weight excluding hydrogens is 320 g/mol. The van der Waals surface area contributed by atoms with Gasteiger partial charge in [-0.1, -0.05) is 44.2 Å². The Labute approximate surface area is 145 Å². The number of benzene rings is 1. The lowest BCUT2D eigenvalue weighted by atomic mass is 10.1. The van der Waals surface area contributed by atoms with Crippen molar-refractivity contribution < 1.29 is 4.79 Å². The molecule has 1 amide bonds. The number of carbonyl (C=O) groups excluding carboxylic acids is 1. The van der Waals surface area contributed by atoms with Crippen molar-refractivity contribution in [3.05, 3.63) is 41.9 Å². The highest BCUT2D eigenvalue weighted by molar-refractivity contribution is 7.14. The lowest BCUT2D eigenvalue weighted by Crippen LogP contribution is -2.13. The van der Waals surface area contributed by atoms with E-state index in [9.17, 15) is 4.79 Å². The van der Waals surface area contributed by atoms with Crippen LogP contribution < -0.4 is 5.32 Å². The molecule has 1 aromatic carbocycles. The number of hydrogen-bond donors (Lipinski definition) is 1. The average Bonchev–Trinajstić information content (AvgIpc) is 3.13. The van der Waals surface area contributed by atoms with E-state index in [0.717, 1.165) is 22.5 Å². The molecule has 124 valence electrons. The third kappa shape index (κ3) is 3.71. The second-order valence-corrected chi connectivity index (χ2v) is 6.97. The van der Waals surface area contributed by atoms with Crippen molar-refractivity contribution in [2.45, 2.75) is 20.3 Å². The van der Waals surface area contributed by atoms with Gasteiger partial charge in [0.15, 0.2) is 5.13 Å². The van der Waals surface area contributed by atoms with Gasteiger partial charge in [-0.3, -0.25) is 9.48 Å². The number of amides is 1. The normalized spacial score (nSPS) is 11.0. The van der Waals surface area contributed by atoms with Crippen LogP contribution in [0.3, 0.4) is 0 Å². The lowest BCUT2D eigenvalue weighted by Gasteiger charge is -2.03. The summed E-state index contributed by atoms with van der Waals surface area (Å²) in [6.07, 6.45) is 2.45. The Kier molecular flexibility index (Phi) is 4.76. The SMILES string of the molecule is CC(C)CC(=O)Nc1nc(-c2cn(C)nc2-c2ccccc2)cs1. The molecule has 0 saturated heterocycles. The number of aryl methyl sites for hydroxylation is 1. The summed E-state index contributed by atoms with van der Waals surface area (Å²) in [5.41, 5.74) is 3.73. The summed E-state index contributed by atoms with van der Waals surface area (Å²) in [7, 11) is 1.90. The van der Waals surface area contributed by atoms with Gasteiger partial charge in [0.05, 0.1) is 5.69 Å². The second kappa shape index (κ2) is 6.97. The summed E-state index contributed by atoms with van der Waals surface area (Å²) >= 11 is 1.43. The van der Waals surface area contributed by atoms with Gasteiger partial charge in [-0.25, -0.2) is 4.98 Å². The molecule has 3 aromatic rings. The minimum absolute atomic E-state index is 0.000342. The van der Waals surface area contributed by atoms with Crippen molar-refractivity contribution in [1.29, 1.82) is 0 Å². The molecule has 0 aliphatic rings. The van der Waals surface area contributed by atoms with Gasteiger partial charge >= 0.3 is 0 Å². The van der Waals surface area contributed by atoms with E-state index in [2.05, 4.69) is 15.4 Å². The molecule has 2 heterocycles. The number of carbonyl (C=O) groups is 1. The average molecular weight is 340 g/mol. The molecule has 6 heteroatoms. The van der Waals surface area contributed by atoms with Crippen molar-refractivity contribution in [3.8, 4) is 22.5 Å². The Morgan fingerprint density at radius 1 is 1.29 bits per heavy atom. The fourth-order valence-corrected chi connectivity index (χ4v) is 3.21. The zero-order chi connectivity index (χ0) is 17.1. The first-order chi connectivity index (χ1) is 11.5. The fourth-order valence-electron chi connectivity index (χ4n) is 2.48. The first-order valence-corrected chi connectivity index (χ1v) is 8.75. The zero-order valence-electron chi connectivity index (χ0n) is 14.0. The van der Waals surface area contributed by atoms with Gasteiger partial charge in [0.2, 0.25) is 5.91 Å². The number of rotatable bonds is 5. The quantitative estimate of drug-likeness (QED) is 0.757. The number of nitrogens with zero attached hydrogens (tertiary/aromatic N) is 3. The van der Waals surface area contributed by atoms with Crippen molar-refractivity contribution >= 4 is 22.4 Å². The van der Waals surface area contributed by atoms with E-state index in [0.29, 0.717) is 17.5 Å². The van der Waals surface area contributed by atoms with Crippen LogP contribution in [0.25, 0.3) is 22.5 Å². The summed E-state index contributed by atoms with van der Waals surface area (Å²) in [4.78, 5) is 16.5. The summed E-state index contributed by atoms with van der Waals surface area (Å²) in [5, 5.41) is 10.0. The number of nitrogens with one attached hydrogen (secondary N) is 1. The molecule has 0 aliphatic carbocycles. The van der Waals surface area contributed by atoms with Gasteiger partial charge in [0, 0.05) is 36.2 Å². The molecule has 0 fully saturated rings. The number of hydrogen-bond acceptors (Lipinski definition) is 4. The van der Waals surface area contributed by atoms with E-state index in [1.807, 2.05) is 62.8 Å². The molecule has 0 unspecified atom stereocenters. The second-order valence-electron chi connectivity index (χ2n) is 6.12. The summed E-state index contributed by atoms with van der Waals surface area (Å²) < 4.78 is 1.79. The predicted molar refractivity (Wildman–Crippen MR) is 97.8 cm³/mol. The molecular formula is C18H20N4OS. The van der Waals surface area contributed by atoms with Crippen LogP contribution in [0, 0.1) is 5.92 Å². The highest BCUT2D eigenvalue weighted by Gasteiger charge is 2.16. The van der Waals surface area contributed by atoms with Crippen LogP contribution in [-0.4, -0.2) is 20.7 Å². The van der Waals surface area contributed by atoms with Crippen LogP contribution in [0.4, 0.5) is 5.13 Å². The van der Waals surface area contributed by atoms with E-state index >= 15 is 0 Å². The molecule has 1 N–H and O–H groups in total. The van der Waals surface area contributed by atoms with E-state index < -0.39 is 0 Å². The Bertz CT molecular complexity index is 836. The van der Waals surface area contributed by atoms with Crippen LogP contribution >= 0.6 is 11.3 Å². The van der Waals surface area contributed by atoms with Crippen molar-refractivity contribution in [2.75, 3.05) is 5.32 Å². The molecule has 3 rings (SSSR count).